The second-order valence-corrected chi connectivity index (χ2v) is 4.23. The van der Waals surface area contributed by atoms with E-state index in [0.717, 1.165) is 32.1 Å². The molecule has 4 heteroatoms. The van der Waals surface area contributed by atoms with Crippen molar-refractivity contribution in [3.63, 3.8) is 0 Å². The predicted molar refractivity (Wildman–Crippen MR) is 61.1 cm³/mol. The topological polar surface area (TPSA) is 57.0 Å². The van der Waals surface area contributed by atoms with Gasteiger partial charge in [0, 0.05) is 19.8 Å². The lowest BCUT2D eigenvalue weighted by Gasteiger charge is -1.99. The molecule has 0 atom stereocenters. The van der Waals surface area contributed by atoms with Gasteiger partial charge in [-0.05, 0) is 12.8 Å². The van der Waals surface area contributed by atoms with Crippen molar-refractivity contribution >= 4 is 5.97 Å². The number of aryl methyl sites for hydroxylation is 2. The summed E-state index contributed by atoms with van der Waals surface area (Å²) in [6, 6.07) is 0. The van der Waals surface area contributed by atoms with Gasteiger partial charge >= 0.3 is 5.97 Å². The highest BCUT2D eigenvalue weighted by molar-refractivity contribution is 5.66. The Morgan fingerprint density at radius 1 is 1.38 bits per heavy atom. The standard InChI is InChI=1S/C12H20N2O2/c1-10-13-9-11(14(10)2)7-5-3-4-6-8-12(15)16/h9H,3-8H2,1-2H3,(H,15,16)/p+1. The summed E-state index contributed by atoms with van der Waals surface area (Å²) in [5, 5.41) is 8.48. The second-order valence-electron chi connectivity index (χ2n) is 4.23. The summed E-state index contributed by atoms with van der Waals surface area (Å²) in [7, 11) is 2.06. The fourth-order valence-corrected chi connectivity index (χ4v) is 1.77. The van der Waals surface area contributed by atoms with Gasteiger partial charge in [0.2, 0.25) is 0 Å². The normalized spacial score (nSPS) is 10.6. The number of hydrogen-bond acceptors (Lipinski definition) is 1. The van der Waals surface area contributed by atoms with Crippen LogP contribution in [0.3, 0.4) is 0 Å². The molecule has 0 radical (unpaired) electrons. The zero-order valence-electron chi connectivity index (χ0n) is 10.1. The number of carbonyl (C=O) groups is 1. The van der Waals surface area contributed by atoms with E-state index in [0.29, 0.717) is 6.42 Å². The minimum absolute atomic E-state index is 0.303. The van der Waals surface area contributed by atoms with Crippen molar-refractivity contribution in [3.8, 4) is 0 Å². The summed E-state index contributed by atoms with van der Waals surface area (Å²) in [6.45, 7) is 2.05. The number of aromatic nitrogens is 2. The largest absolute Gasteiger partial charge is 0.481 e. The van der Waals surface area contributed by atoms with Crippen molar-refractivity contribution in [2.75, 3.05) is 0 Å². The SMILES string of the molecule is Cc1[nH]cc(CCCCCCC(=O)O)[n+]1C. The van der Waals surface area contributed by atoms with Crippen molar-refractivity contribution in [1.29, 1.82) is 0 Å². The lowest BCUT2D eigenvalue weighted by atomic mass is 10.1. The summed E-state index contributed by atoms with van der Waals surface area (Å²) in [4.78, 5) is 13.5. The third-order valence-electron chi connectivity index (χ3n) is 2.96. The van der Waals surface area contributed by atoms with Crippen LogP contribution in [0, 0.1) is 6.92 Å². The monoisotopic (exact) mass is 225 g/mol. The van der Waals surface area contributed by atoms with Gasteiger partial charge in [-0.15, -0.1) is 0 Å². The highest BCUT2D eigenvalue weighted by Gasteiger charge is 2.08. The van der Waals surface area contributed by atoms with Crippen LogP contribution >= 0.6 is 0 Å². The van der Waals surface area contributed by atoms with Gasteiger partial charge < -0.3 is 5.11 Å². The third kappa shape index (κ3) is 4.04. The van der Waals surface area contributed by atoms with Crippen molar-refractivity contribution in [3.05, 3.63) is 17.7 Å². The molecule has 1 aromatic heterocycles. The van der Waals surface area contributed by atoms with Gasteiger partial charge in [0.15, 0.2) is 0 Å². The minimum Gasteiger partial charge on any atom is -0.481 e. The summed E-state index contributed by atoms with van der Waals surface area (Å²) < 4.78 is 2.16. The second kappa shape index (κ2) is 6.30. The Labute approximate surface area is 96.3 Å². The number of carboxylic acids is 1. The van der Waals surface area contributed by atoms with E-state index in [2.05, 4.69) is 23.5 Å². The average Bonchev–Trinajstić information content (AvgIpc) is 2.54. The molecule has 16 heavy (non-hydrogen) atoms. The minimum atomic E-state index is -0.687. The molecule has 1 rings (SSSR count). The van der Waals surface area contributed by atoms with Crippen LogP contribution in [0.2, 0.25) is 0 Å². The first-order valence-corrected chi connectivity index (χ1v) is 5.86. The highest BCUT2D eigenvalue weighted by Crippen LogP contribution is 2.06. The van der Waals surface area contributed by atoms with Crippen LogP contribution < -0.4 is 4.57 Å². The van der Waals surface area contributed by atoms with Gasteiger partial charge in [0.1, 0.15) is 11.9 Å². The van der Waals surface area contributed by atoms with E-state index in [1.165, 1.54) is 11.5 Å². The molecule has 0 aliphatic carbocycles. The van der Waals surface area contributed by atoms with Crippen LogP contribution in [0.1, 0.15) is 43.6 Å². The number of H-pyrrole nitrogens is 1. The molecule has 4 nitrogen and oxygen atoms in total. The molecule has 0 aliphatic heterocycles. The molecule has 1 heterocycles. The molecule has 0 unspecified atom stereocenters. The zero-order chi connectivity index (χ0) is 12.0. The number of aromatic amines is 1. The number of nitrogens with zero attached hydrogens (tertiary/aromatic N) is 1. The molecule has 0 spiro atoms. The Morgan fingerprint density at radius 2 is 2.06 bits per heavy atom. The van der Waals surface area contributed by atoms with Crippen molar-refractivity contribution in [1.82, 2.24) is 4.98 Å². The van der Waals surface area contributed by atoms with E-state index < -0.39 is 5.97 Å². The van der Waals surface area contributed by atoms with Crippen LogP contribution in [0.15, 0.2) is 6.20 Å². The highest BCUT2D eigenvalue weighted by atomic mass is 16.4. The summed E-state index contributed by atoms with van der Waals surface area (Å²) >= 11 is 0. The van der Waals surface area contributed by atoms with Gasteiger partial charge in [0.25, 0.3) is 5.82 Å². The Balaban J connectivity index is 2.12. The lowest BCUT2D eigenvalue weighted by Crippen LogP contribution is -2.33. The average molecular weight is 225 g/mol. The maximum absolute atomic E-state index is 10.3. The third-order valence-corrected chi connectivity index (χ3v) is 2.96. The first kappa shape index (κ1) is 12.7. The zero-order valence-corrected chi connectivity index (χ0v) is 10.1. The lowest BCUT2D eigenvalue weighted by molar-refractivity contribution is -0.683. The summed E-state index contributed by atoms with van der Waals surface area (Å²) in [5.41, 5.74) is 1.32. The predicted octanol–water partition coefficient (Wildman–Crippen LogP) is 1.73. The molecule has 0 saturated carbocycles. The quantitative estimate of drug-likeness (QED) is 0.548. The summed E-state index contributed by atoms with van der Waals surface area (Å²) in [6.07, 6.45) is 7.47. The Bertz CT molecular complexity index is 345. The van der Waals surface area contributed by atoms with Crippen LogP contribution in [0.5, 0.6) is 0 Å². The van der Waals surface area contributed by atoms with Crippen molar-refractivity contribution in [2.45, 2.75) is 45.4 Å². The molecular formula is C12H21N2O2+. The van der Waals surface area contributed by atoms with E-state index >= 15 is 0 Å². The number of hydrogen-bond donors (Lipinski definition) is 2. The molecule has 0 bridgehead atoms. The molecular weight excluding hydrogens is 204 g/mol. The number of rotatable bonds is 7. The van der Waals surface area contributed by atoms with Crippen molar-refractivity contribution in [2.24, 2.45) is 7.05 Å². The molecule has 0 aliphatic rings. The van der Waals surface area contributed by atoms with Gasteiger partial charge in [0.05, 0.1) is 7.05 Å². The van der Waals surface area contributed by atoms with E-state index in [-0.39, 0.29) is 0 Å². The Morgan fingerprint density at radius 3 is 2.62 bits per heavy atom. The molecule has 2 N–H and O–H groups in total. The first-order valence-electron chi connectivity index (χ1n) is 5.86. The molecule has 0 saturated heterocycles. The molecule has 1 aromatic rings. The van der Waals surface area contributed by atoms with Crippen LogP contribution in [0.25, 0.3) is 0 Å². The molecule has 0 amide bonds. The fourth-order valence-electron chi connectivity index (χ4n) is 1.77. The number of aliphatic carboxylic acids is 1. The van der Waals surface area contributed by atoms with E-state index in [1.807, 2.05) is 6.20 Å². The van der Waals surface area contributed by atoms with E-state index in [1.54, 1.807) is 0 Å². The van der Waals surface area contributed by atoms with Crippen molar-refractivity contribution < 1.29 is 14.5 Å². The maximum Gasteiger partial charge on any atom is 0.303 e. The van der Waals surface area contributed by atoms with Crippen LogP contribution in [-0.2, 0) is 18.3 Å². The fraction of sp³-hybridized carbons (Fsp3) is 0.667. The van der Waals surface area contributed by atoms with Gasteiger partial charge in [-0.2, -0.15) is 0 Å². The Kier molecular flexibility index (Phi) is 5.02. The molecule has 0 aromatic carbocycles. The van der Waals surface area contributed by atoms with E-state index in [4.69, 9.17) is 5.11 Å². The van der Waals surface area contributed by atoms with Gasteiger partial charge in [-0.25, -0.2) is 9.55 Å². The summed E-state index contributed by atoms with van der Waals surface area (Å²) in [5.74, 6) is 0.480. The van der Waals surface area contributed by atoms with E-state index in [9.17, 15) is 4.79 Å². The first-order chi connectivity index (χ1) is 7.61. The number of imidazole rings is 1. The Hall–Kier alpha value is -1.32. The maximum atomic E-state index is 10.3. The molecule has 90 valence electrons. The molecule has 0 fully saturated rings. The number of nitrogens with one attached hydrogen (secondary N) is 1. The number of carboxylic acid groups (broad SMARTS) is 1. The van der Waals surface area contributed by atoms with Gasteiger partial charge in [-0.3, -0.25) is 4.79 Å². The van der Waals surface area contributed by atoms with Crippen LogP contribution in [0.4, 0.5) is 0 Å². The van der Waals surface area contributed by atoms with Gasteiger partial charge in [-0.1, -0.05) is 12.8 Å². The smallest absolute Gasteiger partial charge is 0.303 e. The van der Waals surface area contributed by atoms with Crippen LogP contribution in [-0.4, -0.2) is 16.1 Å². The number of unbranched alkanes of at least 4 members (excludes halogenated alkanes) is 3.